The highest BCUT2D eigenvalue weighted by atomic mass is 16.5. The number of benzene rings is 3. The number of methoxy groups -OCH3 is 1. The molecule has 3 aromatic carbocycles. The Morgan fingerprint density at radius 1 is 1.00 bits per heavy atom. The zero-order valence-electron chi connectivity index (χ0n) is 9.03. The van der Waals surface area contributed by atoms with Gasteiger partial charge in [0, 0.05) is 10.8 Å². The molecule has 3 aromatic rings. The molecule has 0 aliphatic rings. The van der Waals surface area contributed by atoms with Gasteiger partial charge in [0.1, 0.15) is 5.75 Å². The molecule has 0 saturated heterocycles. The van der Waals surface area contributed by atoms with Crippen molar-refractivity contribution in [1.82, 2.24) is 0 Å². The van der Waals surface area contributed by atoms with Gasteiger partial charge in [0.05, 0.1) is 7.11 Å². The van der Waals surface area contributed by atoms with Crippen LogP contribution in [0.2, 0.25) is 0 Å². The first-order valence-electron chi connectivity index (χ1n) is 5.26. The lowest BCUT2D eigenvalue weighted by atomic mass is 10.0. The van der Waals surface area contributed by atoms with Crippen molar-refractivity contribution in [3.8, 4) is 5.75 Å². The Labute approximate surface area is 94.3 Å². The monoisotopic (exact) mass is 207 g/mol. The summed E-state index contributed by atoms with van der Waals surface area (Å²) in [4.78, 5) is 0. The van der Waals surface area contributed by atoms with E-state index in [1.807, 2.05) is 24.3 Å². The summed E-state index contributed by atoms with van der Waals surface area (Å²) in [6.45, 7) is 0. The van der Waals surface area contributed by atoms with Crippen molar-refractivity contribution in [2.75, 3.05) is 7.11 Å². The molecule has 0 atom stereocenters. The van der Waals surface area contributed by atoms with Crippen LogP contribution in [0, 0.1) is 6.07 Å². The molecule has 0 unspecified atom stereocenters. The maximum atomic E-state index is 5.52. The maximum absolute atomic E-state index is 5.52. The predicted octanol–water partition coefficient (Wildman–Crippen LogP) is 3.80. The summed E-state index contributed by atoms with van der Waals surface area (Å²) >= 11 is 0. The molecule has 1 heteroatoms. The summed E-state index contributed by atoms with van der Waals surface area (Å²) < 4.78 is 5.52. The van der Waals surface area contributed by atoms with Crippen molar-refractivity contribution in [3.05, 3.63) is 54.6 Å². The molecule has 0 aliphatic carbocycles. The van der Waals surface area contributed by atoms with Crippen LogP contribution in [0.25, 0.3) is 21.5 Å². The first-order chi connectivity index (χ1) is 7.90. The van der Waals surface area contributed by atoms with Crippen LogP contribution in [0.3, 0.4) is 0 Å². The van der Waals surface area contributed by atoms with Crippen LogP contribution in [0.1, 0.15) is 0 Å². The first-order valence-corrected chi connectivity index (χ1v) is 5.26. The molecule has 0 N–H and O–H groups in total. The quantitative estimate of drug-likeness (QED) is 0.551. The fourth-order valence-corrected chi connectivity index (χ4v) is 2.13. The second-order valence-electron chi connectivity index (χ2n) is 3.78. The molecule has 0 aliphatic heterocycles. The van der Waals surface area contributed by atoms with Gasteiger partial charge >= 0.3 is 0 Å². The highest BCUT2D eigenvalue weighted by Crippen LogP contribution is 2.34. The fraction of sp³-hybridized carbons (Fsp3) is 0.0667. The van der Waals surface area contributed by atoms with Gasteiger partial charge in [-0.2, -0.15) is 0 Å². The van der Waals surface area contributed by atoms with E-state index in [1.54, 1.807) is 7.11 Å². The number of rotatable bonds is 1. The Bertz CT molecular complexity index is 602. The van der Waals surface area contributed by atoms with E-state index in [2.05, 4.69) is 30.3 Å². The van der Waals surface area contributed by atoms with Gasteiger partial charge in [-0.1, -0.05) is 36.4 Å². The van der Waals surface area contributed by atoms with Gasteiger partial charge in [-0.15, -0.1) is 0 Å². The topological polar surface area (TPSA) is 9.23 Å². The molecule has 0 fully saturated rings. The van der Waals surface area contributed by atoms with Crippen molar-refractivity contribution in [1.29, 1.82) is 0 Å². The van der Waals surface area contributed by atoms with Crippen LogP contribution in [-0.4, -0.2) is 7.11 Å². The largest absolute Gasteiger partial charge is 0.495 e. The lowest BCUT2D eigenvalue weighted by Crippen LogP contribution is -1.87. The van der Waals surface area contributed by atoms with Crippen LogP contribution < -0.4 is 4.74 Å². The van der Waals surface area contributed by atoms with E-state index in [-0.39, 0.29) is 0 Å². The summed E-state index contributed by atoms with van der Waals surface area (Å²) in [6.07, 6.45) is 0. The molecule has 0 aromatic heterocycles. The Hall–Kier alpha value is -2.02. The highest BCUT2D eigenvalue weighted by molar-refractivity contribution is 6.05. The van der Waals surface area contributed by atoms with Gasteiger partial charge in [0.25, 0.3) is 0 Å². The highest BCUT2D eigenvalue weighted by Gasteiger charge is 2.06. The van der Waals surface area contributed by atoms with Gasteiger partial charge in [-0.25, -0.2) is 0 Å². The van der Waals surface area contributed by atoms with E-state index in [9.17, 15) is 0 Å². The summed E-state index contributed by atoms with van der Waals surface area (Å²) in [7, 11) is 1.72. The number of hydrogen-bond acceptors (Lipinski definition) is 1. The van der Waals surface area contributed by atoms with Crippen LogP contribution in [0.15, 0.2) is 48.5 Å². The second-order valence-corrected chi connectivity index (χ2v) is 3.78. The minimum atomic E-state index is 0.935. The molecule has 16 heavy (non-hydrogen) atoms. The fourth-order valence-electron chi connectivity index (χ4n) is 2.13. The van der Waals surface area contributed by atoms with E-state index >= 15 is 0 Å². The zero-order chi connectivity index (χ0) is 11.0. The van der Waals surface area contributed by atoms with E-state index in [0.717, 1.165) is 16.5 Å². The first kappa shape index (κ1) is 9.22. The molecule has 1 radical (unpaired) electrons. The van der Waals surface area contributed by atoms with Crippen LogP contribution in [-0.2, 0) is 0 Å². The van der Waals surface area contributed by atoms with Crippen molar-refractivity contribution < 1.29 is 4.74 Å². The molecule has 3 rings (SSSR count). The predicted molar refractivity (Wildman–Crippen MR) is 66.8 cm³/mol. The van der Waals surface area contributed by atoms with Crippen LogP contribution in [0.4, 0.5) is 0 Å². The van der Waals surface area contributed by atoms with Crippen LogP contribution >= 0.6 is 0 Å². The molecule has 0 saturated carbocycles. The third-order valence-corrected chi connectivity index (χ3v) is 2.86. The molecule has 0 amide bonds. The average Bonchev–Trinajstić information content (AvgIpc) is 2.36. The van der Waals surface area contributed by atoms with Gasteiger partial charge in [-0.3, -0.25) is 0 Å². The summed E-state index contributed by atoms with van der Waals surface area (Å²) in [6, 6.07) is 19.5. The Kier molecular flexibility index (Phi) is 2.03. The number of fused-ring (bicyclic) bond motifs is 2. The molecule has 0 spiro atoms. The van der Waals surface area contributed by atoms with E-state index in [1.165, 1.54) is 10.8 Å². The van der Waals surface area contributed by atoms with E-state index in [0.29, 0.717) is 0 Å². The molecule has 0 bridgehead atoms. The summed E-state index contributed by atoms with van der Waals surface area (Å²) in [5.74, 6) is 0.935. The lowest BCUT2D eigenvalue weighted by Gasteiger charge is -2.09. The minimum absolute atomic E-state index is 0.935. The maximum Gasteiger partial charge on any atom is 0.134 e. The van der Waals surface area contributed by atoms with E-state index < -0.39 is 0 Å². The third-order valence-electron chi connectivity index (χ3n) is 2.86. The second kappa shape index (κ2) is 3.53. The lowest BCUT2D eigenvalue weighted by molar-refractivity contribution is 0.424. The summed E-state index contributed by atoms with van der Waals surface area (Å²) in [5, 5.41) is 4.66. The molecule has 77 valence electrons. The van der Waals surface area contributed by atoms with Gasteiger partial charge in [0.15, 0.2) is 0 Å². The minimum Gasteiger partial charge on any atom is -0.495 e. The Morgan fingerprint density at radius 2 is 1.81 bits per heavy atom. The molecule has 1 nitrogen and oxygen atoms in total. The van der Waals surface area contributed by atoms with Crippen molar-refractivity contribution in [2.45, 2.75) is 0 Å². The Balaban J connectivity index is 2.56. The Morgan fingerprint density at radius 3 is 2.69 bits per heavy atom. The van der Waals surface area contributed by atoms with Gasteiger partial charge in [0.2, 0.25) is 0 Å². The van der Waals surface area contributed by atoms with Gasteiger partial charge < -0.3 is 4.74 Å². The van der Waals surface area contributed by atoms with Crippen molar-refractivity contribution in [2.24, 2.45) is 0 Å². The van der Waals surface area contributed by atoms with E-state index in [4.69, 9.17) is 4.74 Å². The van der Waals surface area contributed by atoms with Crippen molar-refractivity contribution in [3.63, 3.8) is 0 Å². The smallest absolute Gasteiger partial charge is 0.134 e. The SMILES string of the molecule is COc1c2c[c]ccc2cc2ccccc12. The summed E-state index contributed by atoms with van der Waals surface area (Å²) in [5.41, 5.74) is 0. The number of hydrogen-bond donors (Lipinski definition) is 0. The molecular weight excluding hydrogens is 196 g/mol. The third kappa shape index (κ3) is 1.25. The molecular formula is C15H11O. The van der Waals surface area contributed by atoms with Gasteiger partial charge in [-0.05, 0) is 29.0 Å². The normalized spacial score (nSPS) is 10.8. The van der Waals surface area contributed by atoms with Crippen LogP contribution in [0.5, 0.6) is 5.75 Å². The zero-order valence-corrected chi connectivity index (χ0v) is 9.03. The standard InChI is InChI=1S/C15H11O/c1-16-15-13-8-4-2-6-11(13)10-12-7-3-5-9-14(12)15/h2-4,6-10H,1H3. The number of ether oxygens (including phenoxy) is 1. The van der Waals surface area contributed by atoms with Crippen molar-refractivity contribution >= 4 is 21.5 Å². The molecule has 0 heterocycles. The average molecular weight is 207 g/mol.